The minimum Gasteiger partial charge on any atom is -0.466 e. The lowest BCUT2D eigenvalue weighted by atomic mass is 9.98. The highest BCUT2D eigenvalue weighted by Gasteiger charge is 2.30. The van der Waals surface area contributed by atoms with Gasteiger partial charge in [0.25, 0.3) is 5.91 Å². The Labute approximate surface area is 123 Å². The number of esters is 1. The molecule has 0 radical (unpaired) electrons. The smallest absolute Gasteiger partial charge is 0.310 e. The van der Waals surface area contributed by atoms with Gasteiger partial charge in [-0.15, -0.1) is 0 Å². The fourth-order valence-corrected chi connectivity index (χ4v) is 2.42. The highest BCUT2D eigenvalue weighted by Crippen LogP contribution is 2.19. The summed E-state index contributed by atoms with van der Waals surface area (Å²) in [5.74, 6) is -0.202. The maximum absolute atomic E-state index is 12.4. The lowest BCUT2D eigenvalue weighted by Crippen LogP contribution is -2.43. The number of hydrogen-bond donors (Lipinski definition) is 1. The molecule has 1 aliphatic rings. The van der Waals surface area contributed by atoms with Crippen molar-refractivity contribution in [3.8, 4) is 0 Å². The molecule has 1 unspecified atom stereocenters. The largest absolute Gasteiger partial charge is 0.466 e. The van der Waals surface area contributed by atoms with Gasteiger partial charge in [-0.1, -0.05) is 0 Å². The Morgan fingerprint density at radius 3 is 3.10 bits per heavy atom. The molecule has 0 saturated carbocycles. The number of hydrogen-bond acceptors (Lipinski definition) is 6. The molecule has 1 fully saturated rings. The molecule has 0 bridgehead atoms. The van der Waals surface area contributed by atoms with Crippen molar-refractivity contribution in [3.63, 3.8) is 0 Å². The maximum atomic E-state index is 12.4. The van der Waals surface area contributed by atoms with Crippen molar-refractivity contribution in [3.05, 3.63) is 17.8 Å². The molecule has 1 aliphatic heterocycles. The zero-order valence-corrected chi connectivity index (χ0v) is 12.4. The van der Waals surface area contributed by atoms with Crippen molar-refractivity contribution in [1.29, 1.82) is 0 Å². The summed E-state index contributed by atoms with van der Waals surface area (Å²) < 4.78 is 10.2. The molecule has 21 heavy (non-hydrogen) atoms. The third kappa shape index (κ3) is 3.81. The number of likely N-dealkylation sites (tertiary alicyclic amines) is 1. The average Bonchev–Trinajstić information content (AvgIpc) is 2.96. The van der Waals surface area contributed by atoms with Crippen LogP contribution >= 0.6 is 0 Å². The first-order chi connectivity index (χ1) is 10.2. The number of carbonyl (C=O) groups excluding carboxylic acids is 2. The summed E-state index contributed by atoms with van der Waals surface area (Å²) in [6, 6.07) is 0. The number of ether oxygens (including phenoxy) is 1. The van der Waals surface area contributed by atoms with Gasteiger partial charge in [0.1, 0.15) is 6.26 Å². The number of nitrogens with zero attached hydrogens (tertiary/aromatic N) is 2. The number of piperidine rings is 1. The van der Waals surface area contributed by atoms with E-state index in [2.05, 4.69) is 10.3 Å². The van der Waals surface area contributed by atoms with Crippen molar-refractivity contribution in [2.24, 2.45) is 5.92 Å². The zero-order valence-electron chi connectivity index (χ0n) is 12.4. The van der Waals surface area contributed by atoms with E-state index in [1.165, 1.54) is 6.26 Å². The predicted molar refractivity (Wildman–Crippen MR) is 74.5 cm³/mol. The second-order valence-electron chi connectivity index (χ2n) is 5.00. The fourth-order valence-electron chi connectivity index (χ4n) is 2.42. The van der Waals surface area contributed by atoms with Gasteiger partial charge in [0.15, 0.2) is 5.69 Å². The topological polar surface area (TPSA) is 84.7 Å². The van der Waals surface area contributed by atoms with Gasteiger partial charge in [-0.25, -0.2) is 4.98 Å². The van der Waals surface area contributed by atoms with Crippen molar-refractivity contribution >= 4 is 11.9 Å². The van der Waals surface area contributed by atoms with Gasteiger partial charge in [0, 0.05) is 13.1 Å². The number of carbonyl (C=O) groups is 2. The van der Waals surface area contributed by atoms with Crippen LogP contribution in [0.1, 0.15) is 36.1 Å². The molecule has 0 spiro atoms. The average molecular weight is 295 g/mol. The van der Waals surface area contributed by atoms with E-state index < -0.39 is 0 Å². The van der Waals surface area contributed by atoms with Crippen LogP contribution in [0.25, 0.3) is 0 Å². The van der Waals surface area contributed by atoms with Crippen LogP contribution in [0.5, 0.6) is 0 Å². The van der Waals surface area contributed by atoms with Crippen LogP contribution in [0.3, 0.4) is 0 Å². The second kappa shape index (κ2) is 7.21. The van der Waals surface area contributed by atoms with Crippen LogP contribution < -0.4 is 5.32 Å². The van der Waals surface area contributed by atoms with E-state index in [-0.39, 0.29) is 23.5 Å². The molecule has 2 rings (SSSR count). The second-order valence-corrected chi connectivity index (χ2v) is 5.00. The number of amides is 1. The van der Waals surface area contributed by atoms with E-state index in [4.69, 9.17) is 9.15 Å². The Bertz CT molecular complexity index is 500. The molecule has 1 atom stereocenters. The summed E-state index contributed by atoms with van der Waals surface area (Å²) in [7, 11) is 1.78. The summed E-state index contributed by atoms with van der Waals surface area (Å²) in [5, 5.41) is 2.91. The first-order valence-corrected chi connectivity index (χ1v) is 7.20. The Morgan fingerprint density at radius 2 is 2.38 bits per heavy atom. The standard InChI is InChI=1S/C14H21N3O4/c1-3-20-14(19)10-5-4-6-17(8-10)13(18)11-9-21-12(16-11)7-15-2/h9-10,15H,3-8H2,1-2H3. The Hall–Kier alpha value is -1.89. The lowest BCUT2D eigenvalue weighted by Gasteiger charge is -2.30. The van der Waals surface area contributed by atoms with Gasteiger partial charge >= 0.3 is 5.97 Å². The normalized spacial score (nSPS) is 18.6. The Kier molecular flexibility index (Phi) is 5.32. The van der Waals surface area contributed by atoms with Gasteiger partial charge in [0.2, 0.25) is 5.89 Å². The van der Waals surface area contributed by atoms with Crippen LogP contribution in [0, 0.1) is 5.92 Å². The highest BCUT2D eigenvalue weighted by atomic mass is 16.5. The van der Waals surface area contributed by atoms with Crippen molar-refractivity contribution < 1.29 is 18.7 Å². The van der Waals surface area contributed by atoms with Crippen LogP contribution in [-0.2, 0) is 16.1 Å². The lowest BCUT2D eigenvalue weighted by molar-refractivity contribution is -0.149. The minimum absolute atomic E-state index is 0.199. The van der Waals surface area contributed by atoms with Gasteiger partial charge in [-0.2, -0.15) is 0 Å². The number of nitrogens with one attached hydrogen (secondary N) is 1. The summed E-state index contributed by atoms with van der Waals surface area (Å²) in [6.45, 7) is 3.62. The number of rotatable bonds is 5. The zero-order chi connectivity index (χ0) is 15.2. The van der Waals surface area contributed by atoms with Crippen LogP contribution in [0.4, 0.5) is 0 Å². The molecule has 2 heterocycles. The molecule has 1 aromatic heterocycles. The Balaban J connectivity index is 1.99. The fraction of sp³-hybridized carbons (Fsp3) is 0.643. The molecule has 0 aliphatic carbocycles. The van der Waals surface area contributed by atoms with Gasteiger partial charge in [-0.3, -0.25) is 9.59 Å². The molecule has 116 valence electrons. The SMILES string of the molecule is CCOC(=O)C1CCCN(C(=O)c2coc(CNC)n2)C1. The first kappa shape index (κ1) is 15.5. The van der Waals surface area contributed by atoms with Crippen molar-refractivity contribution in [2.75, 3.05) is 26.7 Å². The molecule has 0 aromatic carbocycles. The highest BCUT2D eigenvalue weighted by molar-refractivity contribution is 5.92. The van der Waals surface area contributed by atoms with Crippen molar-refractivity contribution in [2.45, 2.75) is 26.3 Å². The van der Waals surface area contributed by atoms with E-state index in [0.29, 0.717) is 32.1 Å². The van der Waals surface area contributed by atoms with Gasteiger partial charge in [0.05, 0.1) is 19.1 Å². The molecule has 1 amide bonds. The molecule has 1 saturated heterocycles. The van der Waals surface area contributed by atoms with E-state index in [1.807, 2.05) is 0 Å². The maximum Gasteiger partial charge on any atom is 0.310 e. The summed E-state index contributed by atoms with van der Waals surface area (Å²) in [6.07, 6.45) is 2.91. The van der Waals surface area contributed by atoms with Crippen LogP contribution in [0.15, 0.2) is 10.7 Å². The quantitative estimate of drug-likeness (QED) is 0.809. The summed E-state index contributed by atoms with van der Waals surface area (Å²) in [4.78, 5) is 30.0. The van der Waals surface area contributed by atoms with Crippen LogP contribution in [-0.4, -0.2) is 48.5 Å². The van der Waals surface area contributed by atoms with Gasteiger partial charge < -0.3 is 19.4 Å². The van der Waals surface area contributed by atoms with E-state index in [0.717, 1.165) is 12.8 Å². The van der Waals surface area contributed by atoms with Crippen LogP contribution in [0.2, 0.25) is 0 Å². The summed E-state index contributed by atoms with van der Waals surface area (Å²) in [5.41, 5.74) is 0.282. The predicted octanol–water partition coefficient (Wildman–Crippen LogP) is 0.809. The van der Waals surface area contributed by atoms with E-state index in [9.17, 15) is 9.59 Å². The molecule has 1 N–H and O–H groups in total. The van der Waals surface area contributed by atoms with E-state index >= 15 is 0 Å². The number of oxazole rings is 1. The molecular formula is C14H21N3O4. The van der Waals surface area contributed by atoms with Crippen molar-refractivity contribution in [1.82, 2.24) is 15.2 Å². The molecule has 7 nitrogen and oxygen atoms in total. The molecular weight excluding hydrogens is 274 g/mol. The third-order valence-corrected chi connectivity index (χ3v) is 3.43. The van der Waals surface area contributed by atoms with Gasteiger partial charge in [-0.05, 0) is 26.8 Å². The van der Waals surface area contributed by atoms with E-state index in [1.54, 1.807) is 18.9 Å². The Morgan fingerprint density at radius 1 is 1.57 bits per heavy atom. The number of aromatic nitrogens is 1. The monoisotopic (exact) mass is 295 g/mol. The minimum atomic E-state index is -0.244. The summed E-state index contributed by atoms with van der Waals surface area (Å²) >= 11 is 0. The molecule has 7 heteroatoms. The first-order valence-electron chi connectivity index (χ1n) is 7.20. The third-order valence-electron chi connectivity index (χ3n) is 3.43. The molecule has 1 aromatic rings.